The van der Waals surface area contributed by atoms with Gasteiger partial charge >= 0.3 is 0 Å². The van der Waals surface area contributed by atoms with Crippen LogP contribution in [0.4, 0.5) is 0 Å². The molecule has 2 unspecified atom stereocenters. The van der Waals surface area contributed by atoms with Gasteiger partial charge in [0.05, 0.1) is 6.10 Å². The highest BCUT2D eigenvalue weighted by Gasteiger charge is 2.06. The lowest BCUT2D eigenvalue weighted by atomic mass is 10.1. The fourth-order valence-corrected chi connectivity index (χ4v) is 1.33. The lowest BCUT2D eigenvalue weighted by Crippen LogP contribution is -2.27. The molecule has 3 nitrogen and oxygen atoms in total. The predicted octanol–water partition coefficient (Wildman–Crippen LogP) is 1.77. The number of aliphatic hydroxyl groups is 1. The summed E-state index contributed by atoms with van der Waals surface area (Å²) < 4.78 is 0. The van der Waals surface area contributed by atoms with Crippen LogP contribution in [0.1, 0.15) is 25.5 Å². The number of pyridine rings is 1. The zero-order chi connectivity index (χ0) is 10.6. The largest absolute Gasteiger partial charge is 0.392 e. The van der Waals surface area contributed by atoms with E-state index in [0.717, 1.165) is 5.56 Å². The van der Waals surface area contributed by atoms with E-state index in [1.165, 1.54) is 0 Å². The van der Waals surface area contributed by atoms with E-state index in [-0.39, 0.29) is 12.1 Å². The van der Waals surface area contributed by atoms with E-state index < -0.39 is 0 Å². The summed E-state index contributed by atoms with van der Waals surface area (Å²) in [6.07, 6.45) is 1.34. The van der Waals surface area contributed by atoms with Crippen molar-refractivity contribution in [2.24, 2.45) is 0 Å². The first-order chi connectivity index (χ1) is 6.59. The molecule has 2 atom stereocenters. The number of aromatic nitrogens is 1. The maximum absolute atomic E-state index is 9.10. The van der Waals surface area contributed by atoms with Crippen LogP contribution >= 0.6 is 11.6 Å². The number of nitrogens with one attached hydrogen (secondary N) is 1. The Morgan fingerprint density at radius 3 is 2.86 bits per heavy atom. The molecule has 2 N–H and O–H groups in total. The van der Waals surface area contributed by atoms with Crippen LogP contribution in [0.15, 0.2) is 18.3 Å². The maximum Gasteiger partial charge on any atom is 0.129 e. The molecule has 78 valence electrons. The highest BCUT2D eigenvalue weighted by Crippen LogP contribution is 2.14. The summed E-state index contributed by atoms with van der Waals surface area (Å²) in [6, 6.07) is 3.90. The molecule has 0 saturated heterocycles. The minimum atomic E-state index is -0.338. The van der Waals surface area contributed by atoms with Gasteiger partial charge in [-0.05, 0) is 31.5 Å². The smallest absolute Gasteiger partial charge is 0.129 e. The molecule has 0 aliphatic heterocycles. The van der Waals surface area contributed by atoms with Crippen molar-refractivity contribution >= 4 is 11.6 Å². The Balaban J connectivity index is 2.56. The molecule has 0 aliphatic carbocycles. The summed E-state index contributed by atoms with van der Waals surface area (Å²) >= 11 is 5.76. The molecule has 0 radical (unpaired) electrons. The van der Waals surface area contributed by atoms with E-state index in [0.29, 0.717) is 11.7 Å². The van der Waals surface area contributed by atoms with Crippen LogP contribution in [0, 0.1) is 0 Å². The Labute approximate surface area is 89.1 Å². The van der Waals surface area contributed by atoms with Crippen LogP contribution < -0.4 is 5.32 Å². The molecule has 0 spiro atoms. The van der Waals surface area contributed by atoms with Gasteiger partial charge < -0.3 is 10.4 Å². The third kappa shape index (κ3) is 3.62. The molecule has 0 aliphatic rings. The summed E-state index contributed by atoms with van der Waals surface area (Å²) in [5.74, 6) is 0. The number of halogens is 1. The van der Waals surface area contributed by atoms with Gasteiger partial charge in [0.1, 0.15) is 5.15 Å². The number of nitrogens with zero attached hydrogens (tertiary/aromatic N) is 1. The first kappa shape index (κ1) is 11.4. The van der Waals surface area contributed by atoms with Crippen LogP contribution in [0.25, 0.3) is 0 Å². The number of rotatable bonds is 4. The van der Waals surface area contributed by atoms with E-state index in [2.05, 4.69) is 10.3 Å². The molecular weight excluding hydrogens is 200 g/mol. The van der Waals surface area contributed by atoms with Crippen LogP contribution in [-0.2, 0) is 0 Å². The predicted molar refractivity (Wildman–Crippen MR) is 57.3 cm³/mol. The molecule has 1 heterocycles. The number of hydrogen-bond donors (Lipinski definition) is 2. The second-order valence-corrected chi connectivity index (χ2v) is 3.78. The van der Waals surface area contributed by atoms with E-state index in [4.69, 9.17) is 16.7 Å². The van der Waals surface area contributed by atoms with Crippen LogP contribution in [0.3, 0.4) is 0 Å². The number of hydrogen-bond acceptors (Lipinski definition) is 3. The van der Waals surface area contributed by atoms with Crippen LogP contribution in [0.2, 0.25) is 5.15 Å². The minimum absolute atomic E-state index is 0.171. The maximum atomic E-state index is 9.10. The summed E-state index contributed by atoms with van der Waals surface area (Å²) in [6.45, 7) is 4.34. The zero-order valence-corrected chi connectivity index (χ0v) is 9.12. The van der Waals surface area contributed by atoms with Crippen molar-refractivity contribution in [3.05, 3.63) is 29.0 Å². The second kappa shape index (κ2) is 5.29. The highest BCUT2D eigenvalue weighted by atomic mass is 35.5. The van der Waals surface area contributed by atoms with Crippen molar-refractivity contribution in [2.75, 3.05) is 6.54 Å². The molecule has 0 aromatic carbocycles. The Morgan fingerprint density at radius 1 is 1.57 bits per heavy atom. The van der Waals surface area contributed by atoms with Gasteiger partial charge in [0.25, 0.3) is 0 Å². The van der Waals surface area contributed by atoms with Crippen molar-refractivity contribution in [3.8, 4) is 0 Å². The lowest BCUT2D eigenvalue weighted by molar-refractivity contribution is 0.187. The molecule has 0 saturated carbocycles. The Morgan fingerprint density at radius 2 is 2.29 bits per heavy atom. The Hall–Kier alpha value is -0.640. The average molecular weight is 215 g/mol. The van der Waals surface area contributed by atoms with Crippen molar-refractivity contribution < 1.29 is 5.11 Å². The normalized spacial score (nSPS) is 15.1. The second-order valence-electron chi connectivity index (χ2n) is 3.39. The average Bonchev–Trinajstić information content (AvgIpc) is 2.14. The fourth-order valence-electron chi connectivity index (χ4n) is 1.15. The van der Waals surface area contributed by atoms with E-state index >= 15 is 0 Å². The molecule has 1 aromatic rings. The monoisotopic (exact) mass is 214 g/mol. The summed E-state index contributed by atoms with van der Waals surface area (Å²) in [5, 5.41) is 12.8. The molecule has 4 heteroatoms. The Kier molecular flexibility index (Phi) is 4.32. The van der Waals surface area contributed by atoms with Crippen LogP contribution in [-0.4, -0.2) is 22.7 Å². The molecule has 14 heavy (non-hydrogen) atoms. The SMILES string of the molecule is CC(O)CNC(C)c1ccnc(Cl)c1. The zero-order valence-electron chi connectivity index (χ0n) is 8.37. The molecule has 1 aromatic heterocycles. The molecule has 0 bridgehead atoms. The van der Waals surface area contributed by atoms with Crippen molar-refractivity contribution in [1.82, 2.24) is 10.3 Å². The highest BCUT2D eigenvalue weighted by molar-refractivity contribution is 6.29. The van der Waals surface area contributed by atoms with Gasteiger partial charge in [-0.15, -0.1) is 0 Å². The van der Waals surface area contributed by atoms with Gasteiger partial charge in [0.15, 0.2) is 0 Å². The summed E-state index contributed by atoms with van der Waals surface area (Å²) in [7, 11) is 0. The third-order valence-electron chi connectivity index (χ3n) is 1.97. The first-order valence-corrected chi connectivity index (χ1v) is 5.00. The van der Waals surface area contributed by atoms with Crippen LogP contribution in [0.5, 0.6) is 0 Å². The quantitative estimate of drug-likeness (QED) is 0.751. The van der Waals surface area contributed by atoms with Gasteiger partial charge in [-0.2, -0.15) is 0 Å². The van der Waals surface area contributed by atoms with Gasteiger partial charge in [-0.25, -0.2) is 4.98 Å². The standard InChI is InChI=1S/C10H15ClN2O/c1-7(14)6-13-8(2)9-3-4-12-10(11)5-9/h3-5,7-8,13-14H,6H2,1-2H3. The van der Waals surface area contributed by atoms with E-state index in [1.807, 2.05) is 19.1 Å². The van der Waals surface area contributed by atoms with Gasteiger partial charge in [0.2, 0.25) is 0 Å². The summed E-state index contributed by atoms with van der Waals surface area (Å²) in [5.41, 5.74) is 1.07. The first-order valence-electron chi connectivity index (χ1n) is 4.62. The third-order valence-corrected chi connectivity index (χ3v) is 2.18. The van der Waals surface area contributed by atoms with Crippen molar-refractivity contribution in [1.29, 1.82) is 0 Å². The van der Waals surface area contributed by atoms with Gasteiger partial charge in [0, 0.05) is 18.8 Å². The topological polar surface area (TPSA) is 45.1 Å². The lowest BCUT2D eigenvalue weighted by Gasteiger charge is -2.15. The molecular formula is C10H15ClN2O. The summed E-state index contributed by atoms with van der Waals surface area (Å²) in [4.78, 5) is 3.91. The van der Waals surface area contributed by atoms with Gasteiger partial charge in [-0.1, -0.05) is 11.6 Å². The van der Waals surface area contributed by atoms with Crippen molar-refractivity contribution in [2.45, 2.75) is 26.0 Å². The molecule has 0 fully saturated rings. The molecule has 0 amide bonds. The Bertz CT molecular complexity index is 291. The van der Waals surface area contributed by atoms with Gasteiger partial charge in [-0.3, -0.25) is 0 Å². The minimum Gasteiger partial charge on any atom is -0.392 e. The number of aliphatic hydroxyl groups excluding tert-OH is 1. The van der Waals surface area contributed by atoms with Crippen molar-refractivity contribution in [3.63, 3.8) is 0 Å². The molecule has 1 rings (SSSR count). The van der Waals surface area contributed by atoms with E-state index in [1.54, 1.807) is 13.1 Å². The fraction of sp³-hybridized carbons (Fsp3) is 0.500. The van der Waals surface area contributed by atoms with E-state index in [9.17, 15) is 0 Å².